The van der Waals surface area contributed by atoms with E-state index in [9.17, 15) is 0 Å². The number of hydrogen-bond acceptors (Lipinski definition) is 2. The molecule has 0 saturated heterocycles. The van der Waals surface area contributed by atoms with Crippen molar-refractivity contribution in [1.29, 1.82) is 0 Å². The van der Waals surface area contributed by atoms with E-state index in [2.05, 4.69) is 64.1 Å². The first kappa shape index (κ1) is 16.0. The van der Waals surface area contributed by atoms with Crippen molar-refractivity contribution in [2.75, 3.05) is 7.11 Å². The molecular weight excluding hydrogens is 296 g/mol. The van der Waals surface area contributed by atoms with Crippen molar-refractivity contribution in [2.45, 2.75) is 64.1 Å². The van der Waals surface area contributed by atoms with Crippen LogP contribution in [-0.4, -0.2) is 18.8 Å². The number of benzene rings is 1. The number of methoxy groups -OCH3 is 1. The fourth-order valence-electron chi connectivity index (χ4n) is 5.14. The van der Waals surface area contributed by atoms with E-state index in [-0.39, 0.29) is 22.5 Å². The van der Waals surface area contributed by atoms with E-state index in [0.717, 1.165) is 25.0 Å². The molecular formula is C22H28O2. The lowest BCUT2D eigenvalue weighted by atomic mass is 9.56. The van der Waals surface area contributed by atoms with Crippen molar-refractivity contribution >= 4 is 0 Å². The fourth-order valence-corrected chi connectivity index (χ4v) is 5.14. The summed E-state index contributed by atoms with van der Waals surface area (Å²) in [6.45, 7) is 8.89. The number of rotatable bonds is 2. The molecule has 4 rings (SSSR count). The van der Waals surface area contributed by atoms with E-state index < -0.39 is 0 Å². The van der Waals surface area contributed by atoms with Gasteiger partial charge in [-0.1, -0.05) is 36.8 Å². The second-order valence-corrected chi connectivity index (χ2v) is 8.70. The second-order valence-electron chi connectivity index (χ2n) is 8.70. The Labute approximate surface area is 145 Å². The van der Waals surface area contributed by atoms with Crippen LogP contribution >= 0.6 is 0 Å². The highest BCUT2D eigenvalue weighted by atomic mass is 16.5. The lowest BCUT2D eigenvalue weighted by Gasteiger charge is -2.49. The third kappa shape index (κ3) is 1.99. The summed E-state index contributed by atoms with van der Waals surface area (Å²) >= 11 is 0. The van der Waals surface area contributed by atoms with E-state index in [4.69, 9.17) is 9.47 Å². The van der Waals surface area contributed by atoms with E-state index in [1.165, 1.54) is 11.1 Å². The largest absolute Gasteiger partial charge is 0.497 e. The molecule has 0 amide bonds. The van der Waals surface area contributed by atoms with Crippen LogP contribution in [0.5, 0.6) is 5.75 Å². The van der Waals surface area contributed by atoms with Gasteiger partial charge in [0.05, 0.1) is 18.8 Å². The predicted molar refractivity (Wildman–Crippen MR) is 97.6 cm³/mol. The van der Waals surface area contributed by atoms with Crippen LogP contribution in [0.1, 0.15) is 51.7 Å². The first-order valence-corrected chi connectivity index (χ1v) is 9.04. The van der Waals surface area contributed by atoms with Crippen molar-refractivity contribution in [3.8, 4) is 5.75 Å². The van der Waals surface area contributed by atoms with Gasteiger partial charge in [-0.05, 0) is 63.3 Å². The average molecular weight is 324 g/mol. The van der Waals surface area contributed by atoms with Gasteiger partial charge in [0.25, 0.3) is 0 Å². The van der Waals surface area contributed by atoms with Crippen LogP contribution in [0.2, 0.25) is 0 Å². The summed E-state index contributed by atoms with van der Waals surface area (Å²) in [5, 5.41) is 0. The van der Waals surface area contributed by atoms with Gasteiger partial charge in [-0.3, -0.25) is 0 Å². The van der Waals surface area contributed by atoms with Crippen LogP contribution in [0.4, 0.5) is 0 Å². The SMILES string of the molecule is COc1ccc2c(c1)CC1=CCC[C@]3(C)[C@@H](OC(C)(C)C)C=C[C@@]123. The Morgan fingerprint density at radius 3 is 2.71 bits per heavy atom. The Hall–Kier alpha value is -1.54. The molecule has 2 heteroatoms. The maximum Gasteiger partial charge on any atom is 0.119 e. The predicted octanol–water partition coefficient (Wildman–Crippen LogP) is 4.97. The topological polar surface area (TPSA) is 18.5 Å². The summed E-state index contributed by atoms with van der Waals surface area (Å²) in [6.07, 6.45) is 10.7. The summed E-state index contributed by atoms with van der Waals surface area (Å²) in [6, 6.07) is 6.61. The highest BCUT2D eigenvalue weighted by Crippen LogP contribution is 2.64. The molecule has 3 aliphatic rings. The van der Waals surface area contributed by atoms with Crippen LogP contribution < -0.4 is 4.74 Å². The van der Waals surface area contributed by atoms with E-state index >= 15 is 0 Å². The first-order chi connectivity index (χ1) is 11.3. The van der Waals surface area contributed by atoms with Crippen LogP contribution in [0, 0.1) is 5.41 Å². The molecule has 24 heavy (non-hydrogen) atoms. The number of hydrogen-bond donors (Lipinski definition) is 0. The fraction of sp³-hybridized carbons (Fsp3) is 0.545. The minimum Gasteiger partial charge on any atom is -0.497 e. The van der Waals surface area contributed by atoms with Crippen LogP contribution in [0.15, 0.2) is 42.0 Å². The highest BCUT2D eigenvalue weighted by molar-refractivity contribution is 5.61. The zero-order chi connectivity index (χ0) is 17.2. The number of allylic oxidation sites excluding steroid dienone is 3. The molecule has 0 N–H and O–H groups in total. The lowest BCUT2D eigenvalue weighted by molar-refractivity contribution is -0.0990. The van der Waals surface area contributed by atoms with E-state index in [1.807, 2.05) is 0 Å². The highest BCUT2D eigenvalue weighted by Gasteiger charge is 2.61. The van der Waals surface area contributed by atoms with Gasteiger partial charge in [0, 0.05) is 10.8 Å². The maximum absolute atomic E-state index is 6.50. The molecule has 1 aromatic rings. The van der Waals surface area contributed by atoms with Crippen molar-refractivity contribution < 1.29 is 9.47 Å². The van der Waals surface area contributed by atoms with Gasteiger partial charge < -0.3 is 9.47 Å². The van der Waals surface area contributed by atoms with Gasteiger partial charge in [0.2, 0.25) is 0 Å². The van der Waals surface area contributed by atoms with E-state index in [0.29, 0.717) is 0 Å². The molecule has 0 aromatic heterocycles. The number of ether oxygens (including phenoxy) is 2. The average Bonchev–Trinajstić information content (AvgIpc) is 2.99. The minimum atomic E-state index is -0.133. The van der Waals surface area contributed by atoms with Crippen molar-refractivity contribution in [1.82, 2.24) is 0 Å². The summed E-state index contributed by atoms with van der Waals surface area (Å²) in [7, 11) is 1.74. The molecule has 128 valence electrons. The maximum atomic E-state index is 6.50. The third-order valence-corrected chi connectivity index (χ3v) is 6.21. The molecule has 0 heterocycles. The Morgan fingerprint density at radius 2 is 2.00 bits per heavy atom. The standard InChI is InChI=1S/C22H28O2/c1-20(2,3)24-19-10-12-22-16(7-6-11-21(19,22)4)13-15-14-17(23-5)8-9-18(15)22/h7-10,12,14,19H,6,11,13H2,1-5H3/t19-,21+,22+/m0/s1. The first-order valence-electron chi connectivity index (χ1n) is 9.04. The van der Waals surface area contributed by atoms with Gasteiger partial charge in [-0.25, -0.2) is 0 Å². The third-order valence-electron chi connectivity index (χ3n) is 6.21. The Balaban J connectivity index is 1.84. The molecule has 0 fully saturated rings. The Kier molecular flexibility index (Phi) is 3.31. The smallest absolute Gasteiger partial charge is 0.119 e. The van der Waals surface area contributed by atoms with Crippen LogP contribution in [0.3, 0.4) is 0 Å². The number of fused-ring (bicyclic) bond motifs is 1. The Morgan fingerprint density at radius 1 is 1.21 bits per heavy atom. The lowest BCUT2D eigenvalue weighted by Crippen LogP contribution is -2.49. The molecule has 2 nitrogen and oxygen atoms in total. The van der Waals surface area contributed by atoms with Gasteiger partial charge >= 0.3 is 0 Å². The molecule has 0 bridgehead atoms. The molecule has 3 atom stereocenters. The van der Waals surface area contributed by atoms with Gasteiger partial charge in [-0.15, -0.1) is 0 Å². The van der Waals surface area contributed by atoms with Crippen LogP contribution in [0.25, 0.3) is 0 Å². The zero-order valence-electron chi connectivity index (χ0n) is 15.5. The molecule has 0 aliphatic heterocycles. The molecule has 3 aliphatic carbocycles. The summed E-state index contributed by atoms with van der Waals surface area (Å²) in [5.41, 5.74) is 4.37. The summed E-state index contributed by atoms with van der Waals surface area (Å²) in [5.74, 6) is 0.954. The Bertz CT molecular complexity index is 737. The normalized spacial score (nSPS) is 33.7. The minimum absolute atomic E-state index is 0.00275. The monoisotopic (exact) mass is 324 g/mol. The van der Waals surface area contributed by atoms with Crippen molar-refractivity contribution in [3.63, 3.8) is 0 Å². The quantitative estimate of drug-likeness (QED) is 0.715. The molecule has 0 saturated carbocycles. The molecule has 1 spiro atoms. The summed E-state index contributed by atoms with van der Waals surface area (Å²) < 4.78 is 11.9. The second kappa shape index (κ2) is 4.98. The van der Waals surface area contributed by atoms with Crippen LogP contribution in [-0.2, 0) is 16.6 Å². The van der Waals surface area contributed by atoms with Gasteiger partial charge in [-0.2, -0.15) is 0 Å². The summed E-state index contributed by atoms with van der Waals surface area (Å²) in [4.78, 5) is 0. The van der Waals surface area contributed by atoms with E-state index in [1.54, 1.807) is 12.7 Å². The molecule has 1 aromatic carbocycles. The van der Waals surface area contributed by atoms with Crippen molar-refractivity contribution in [2.24, 2.45) is 5.41 Å². The van der Waals surface area contributed by atoms with Gasteiger partial charge in [0.15, 0.2) is 0 Å². The van der Waals surface area contributed by atoms with Crippen molar-refractivity contribution in [3.05, 3.63) is 53.1 Å². The molecule has 0 radical (unpaired) electrons. The zero-order valence-corrected chi connectivity index (χ0v) is 15.5. The van der Waals surface area contributed by atoms with Gasteiger partial charge in [0.1, 0.15) is 5.75 Å². The molecule has 0 unspecified atom stereocenters.